The molecule has 0 bridgehead atoms. The first-order valence-electron chi connectivity index (χ1n) is 5.34. The molecule has 1 aliphatic rings. The lowest BCUT2D eigenvalue weighted by molar-refractivity contribution is -0.118. The van der Waals surface area contributed by atoms with Crippen LogP contribution in [0.3, 0.4) is 0 Å². The van der Waals surface area contributed by atoms with Crippen molar-refractivity contribution in [1.29, 1.82) is 0 Å². The molecular formula is C12H15NO3. The van der Waals surface area contributed by atoms with Crippen molar-refractivity contribution < 1.29 is 14.3 Å². The minimum absolute atomic E-state index is 0.0607. The van der Waals surface area contributed by atoms with Crippen molar-refractivity contribution in [3.05, 3.63) is 23.8 Å². The SMILES string of the molecule is CC(=O)C(N)c1ccc2c(c1)OCCCO2. The summed E-state index contributed by atoms with van der Waals surface area (Å²) >= 11 is 0. The van der Waals surface area contributed by atoms with E-state index in [1.807, 2.05) is 0 Å². The zero-order valence-corrected chi connectivity index (χ0v) is 9.23. The summed E-state index contributed by atoms with van der Waals surface area (Å²) in [6.07, 6.45) is 0.864. The lowest BCUT2D eigenvalue weighted by atomic mass is 10.0. The number of nitrogens with two attached hydrogens (primary N) is 1. The summed E-state index contributed by atoms with van der Waals surface area (Å²) in [6, 6.07) is 4.81. The van der Waals surface area contributed by atoms with Crippen molar-refractivity contribution in [3.63, 3.8) is 0 Å². The monoisotopic (exact) mass is 221 g/mol. The van der Waals surface area contributed by atoms with Crippen molar-refractivity contribution in [2.24, 2.45) is 5.73 Å². The maximum absolute atomic E-state index is 11.2. The summed E-state index contributed by atoms with van der Waals surface area (Å²) in [6.45, 7) is 2.77. The van der Waals surface area contributed by atoms with E-state index in [4.69, 9.17) is 15.2 Å². The van der Waals surface area contributed by atoms with Gasteiger partial charge in [-0.05, 0) is 24.6 Å². The van der Waals surface area contributed by atoms with E-state index in [-0.39, 0.29) is 5.78 Å². The molecule has 1 atom stereocenters. The number of fused-ring (bicyclic) bond motifs is 1. The van der Waals surface area contributed by atoms with Gasteiger partial charge in [0.2, 0.25) is 0 Å². The first kappa shape index (κ1) is 11.0. The molecule has 2 N–H and O–H groups in total. The van der Waals surface area contributed by atoms with Crippen LogP contribution >= 0.6 is 0 Å². The normalized spacial score (nSPS) is 16.4. The van der Waals surface area contributed by atoms with Crippen LogP contribution < -0.4 is 15.2 Å². The zero-order chi connectivity index (χ0) is 11.5. The molecule has 0 amide bonds. The molecule has 1 heterocycles. The molecule has 1 unspecified atom stereocenters. The second kappa shape index (κ2) is 4.53. The number of hydrogen-bond donors (Lipinski definition) is 1. The predicted molar refractivity (Wildman–Crippen MR) is 59.7 cm³/mol. The maximum atomic E-state index is 11.2. The molecule has 1 aromatic carbocycles. The Bertz CT molecular complexity index is 403. The standard InChI is InChI=1S/C12H15NO3/c1-8(14)12(13)9-3-4-10-11(7-9)16-6-2-5-15-10/h3-4,7,12H,2,5-6,13H2,1H3. The Balaban J connectivity index is 2.30. The topological polar surface area (TPSA) is 61.6 Å². The number of carbonyl (C=O) groups excluding carboxylic acids is 1. The fraction of sp³-hybridized carbons (Fsp3) is 0.417. The highest BCUT2D eigenvalue weighted by atomic mass is 16.5. The van der Waals surface area contributed by atoms with Gasteiger partial charge in [0.05, 0.1) is 19.3 Å². The molecule has 1 aromatic rings. The van der Waals surface area contributed by atoms with E-state index in [0.717, 1.165) is 17.7 Å². The lowest BCUT2D eigenvalue weighted by Gasteiger charge is -2.12. The van der Waals surface area contributed by atoms with Gasteiger partial charge in [0.25, 0.3) is 0 Å². The van der Waals surface area contributed by atoms with Crippen molar-refractivity contribution in [3.8, 4) is 11.5 Å². The molecule has 4 nitrogen and oxygen atoms in total. The fourth-order valence-corrected chi connectivity index (χ4v) is 1.61. The third kappa shape index (κ3) is 2.17. The summed E-state index contributed by atoms with van der Waals surface area (Å²) in [5.74, 6) is 1.33. The first-order valence-corrected chi connectivity index (χ1v) is 5.34. The Morgan fingerprint density at radius 2 is 2.00 bits per heavy atom. The molecule has 0 spiro atoms. The second-order valence-corrected chi connectivity index (χ2v) is 3.84. The molecule has 0 radical (unpaired) electrons. The van der Waals surface area contributed by atoms with Gasteiger partial charge >= 0.3 is 0 Å². The Hall–Kier alpha value is -1.55. The molecule has 2 rings (SSSR count). The molecule has 0 aromatic heterocycles. The van der Waals surface area contributed by atoms with Crippen molar-refractivity contribution in [1.82, 2.24) is 0 Å². The van der Waals surface area contributed by atoms with Gasteiger partial charge in [-0.15, -0.1) is 0 Å². The van der Waals surface area contributed by atoms with Crippen molar-refractivity contribution in [2.75, 3.05) is 13.2 Å². The summed E-state index contributed by atoms with van der Waals surface area (Å²) in [4.78, 5) is 11.2. The summed E-state index contributed by atoms with van der Waals surface area (Å²) in [5.41, 5.74) is 6.52. The molecular weight excluding hydrogens is 206 g/mol. The number of Topliss-reactive ketones (excluding diaryl/α,β-unsaturated/α-hetero) is 1. The van der Waals surface area contributed by atoms with Crippen LogP contribution in [0, 0.1) is 0 Å². The van der Waals surface area contributed by atoms with Crippen molar-refractivity contribution >= 4 is 5.78 Å². The van der Waals surface area contributed by atoms with Crippen LogP contribution in [0.25, 0.3) is 0 Å². The number of ketones is 1. The highest BCUT2D eigenvalue weighted by Crippen LogP contribution is 2.31. The number of benzene rings is 1. The van der Waals surface area contributed by atoms with Gasteiger partial charge in [0, 0.05) is 6.42 Å². The van der Waals surface area contributed by atoms with Gasteiger partial charge in [-0.2, -0.15) is 0 Å². The Labute approximate surface area is 94.3 Å². The molecule has 0 saturated heterocycles. The van der Waals surface area contributed by atoms with Gasteiger partial charge in [-0.25, -0.2) is 0 Å². The maximum Gasteiger partial charge on any atom is 0.161 e. The average Bonchev–Trinajstić information content (AvgIpc) is 2.51. The Morgan fingerprint density at radius 3 is 2.69 bits per heavy atom. The van der Waals surface area contributed by atoms with Crippen LogP contribution in [0.1, 0.15) is 24.9 Å². The number of carbonyl (C=O) groups is 1. The van der Waals surface area contributed by atoms with Crippen LogP contribution in [0.4, 0.5) is 0 Å². The number of rotatable bonds is 2. The minimum atomic E-state index is -0.586. The molecule has 16 heavy (non-hydrogen) atoms. The van der Waals surface area contributed by atoms with Crippen LogP contribution in [-0.4, -0.2) is 19.0 Å². The second-order valence-electron chi connectivity index (χ2n) is 3.84. The van der Waals surface area contributed by atoms with Crippen LogP contribution in [0.2, 0.25) is 0 Å². The van der Waals surface area contributed by atoms with Gasteiger partial charge in [0.15, 0.2) is 17.3 Å². The third-order valence-electron chi connectivity index (χ3n) is 2.57. The number of hydrogen-bond acceptors (Lipinski definition) is 4. The quantitative estimate of drug-likeness (QED) is 0.820. The van der Waals surface area contributed by atoms with Crippen LogP contribution in [-0.2, 0) is 4.79 Å². The Kier molecular flexibility index (Phi) is 3.10. The van der Waals surface area contributed by atoms with Crippen molar-refractivity contribution in [2.45, 2.75) is 19.4 Å². The summed E-state index contributed by atoms with van der Waals surface area (Å²) < 4.78 is 11.0. The smallest absolute Gasteiger partial charge is 0.161 e. The zero-order valence-electron chi connectivity index (χ0n) is 9.23. The van der Waals surface area contributed by atoms with E-state index >= 15 is 0 Å². The Morgan fingerprint density at radius 1 is 1.31 bits per heavy atom. The van der Waals surface area contributed by atoms with E-state index in [1.165, 1.54) is 6.92 Å². The van der Waals surface area contributed by atoms with E-state index in [0.29, 0.717) is 19.0 Å². The minimum Gasteiger partial charge on any atom is -0.490 e. The summed E-state index contributed by atoms with van der Waals surface area (Å²) in [7, 11) is 0. The third-order valence-corrected chi connectivity index (χ3v) is 2.57. The average molecular weight is 221 g/mol. The molecule has 4 heteroatoms. The summed E-state index contributed by atoms with van der Waals surface area (Å²) in [5, 5.41) is 0. The molecule has 0 aliphatic carbocycles. The number of ether oxygens (including phenoxy) is 2. The van der Waals surface area contributed by atoms with E-state index in [9.17, 15) is 4.79 Å². The van der Waals surface area contributed by atoms with E-state index in [1.54, 1.807) is 18.2 Å². The van der Waals surface area contributed by atoms with E-state index < -0.39 is 6.04 Å². The molecule has 0 fully saturated rings. The van der Waals surface area contributed by atoms with Gasteiger partial charge in [-0.1, -0.05) is 6.07 Å². The first-order chi connectivity index (χ1) is 7.68. The van der Waals surface area contributed by atoms with Gasteiger partial charge in [0.1, 0.15) is 0 Å². The van der Waals surface area contributed by atoms with Crippen LogP contribution in [0.5, 0.6) is 11.5 Å². The van der Waals surface area contributed by atoms with E-state index in [2.05, 4.69) is 0 Å². The fourth-order valence-electron chi connectivity index (χ4n) is 1.61. The molecule has 0 saturated carbocycles. The predicted octanol–water partition coefficient (Wildman–Crippen LogP) is 1.44. The van der Waals surface area contributed by atoms with Crippen LogP contribution in [0.15, 0.2) is 18.2 Å². The van der Waals surface area contributed by atoms with Gasteiger partial charge in [-0.3, -0.25) is 4.79 Å². The highest BCUT2D eigenvalue weighted by Gasteiger charge is 2.16. The highest BCUT2D eigenvalue weighted by molar-refractivity contribution is 5.82. The molecule has 86 valence electrons. The van der Waals surface area contributed by atoms with Gasteiger partial charge < -0.3 is 15.2 Å². The largest absolute Gasteiger partial charge is 0.490 e. The molecule has 1 aliphatic heterocycles. The lowest BCUT2D eigenvalue weighted by Crippen LogP contribution is -2.18.